The molecule has 0 bridgehead atoms. The molecule has 0 saturated carbocycles. The van der Waals surface area contributed by atoms with Crippen LogP contribution < -0.4 is 5.73 Å². The molecule has 0 aliphatic carbocycles. The van der Waals surface area contributed by atoms with E-state index in [1.165, 1.54) is 0 Å². The van der Waals surface area contributed by atoms with E-state index in [9.17, 15) is 0 Å². The summed E-state index contributed by atoms with van der Waals surface area (Å²) < 4.78 is 4.84. The average molecular weight is 235 g/mol. The third-order valence-electron chi connectivity index (χ3n) is 2.42. The number of anilines is 1. The molecule has 0 atom stereocenters. The van der Waals surface area contributed by atoms with E-state index >= 15 is 0 Å². The number of aromatic amines is 1. The first-order valence-electron chi connectivity index (χ1n) is 4.60. The van der Waals surface area contributed by atoms with Crippen LogP contribution in [0.2, 0.25) is 5.15 Å². The zero-order chi connectivity index (χ0) is 11.1. The van der Waals surface area contributed by atoms with E-state index < -0.39 is 0 Å². The molecule has 0 amide bonds. The van der Waals surface area contributed by atoms with Crippen molar-refractivity contribution in [3.8, 4) is 11.1 Å². The minimum absolute atomic E-state index is 0.268. The van der Waals surface area contributed by atoms with Crippen molar-refractivity contribution in [1.82, 2.24) is 15.4 Å². The monoisotopic (exact) mass is 234 g/mol. The molecule has 3 N–H and O–H groups in total. The number of nitrogen functional groups attached to an aromatic ring is 1. The summed E-state index contributed by atoms with van der Waals surface area (Å²) in [6.07, 6.45) is 1.56. The van der Waals surface area contributed by atoms with E-state index in [1.807, 2.05) is 18.2 Å². The lowest BCUT2D eigenvalue weighted by atomic mass is 10.0. The summed E-state index contributed by atoms with van der Waals surface area (Å²) in [5.74, 6) is 0.268. The number of hydrogen-bond acceptors (Lipinski definition) is 4. The number of fused-ring (bicyclic) bond motifs is 1. The van der Waals surface area contributed by atoms with Crippen LogP contribution in [0.15, 0.2) is 28.9 Å². The maximum absolute atomic E-state index is 6.04. The highest BCUT2D eigenvalue weighted by atomic mass is 35.5. The van der Waals surface area contributed by atoms with Crippen molar-refractivity contribution >= 4 is 28.4 Å². The van der Waals surface area contributed by atoms with Crippen LogP contribution in [0.25, 0.3) is 22.0 Å². The Kier molecular flexibility index (Phi) is 1.87. The van der Waals surface area contributed by atoms with E-state index in [0.29, 0.717) is 10.7 Å². The highest BCUT2D eigenvalue weighted by Gasteiger charge is 2.14. The van der Waals surface area contributed by atoms with E-state index in [0.717, 1.165) is 16.5 Å². The first kappa shape index (κ1) is 9.23. The largest absolute Gasteiger partial charge is 0.367 e. The van der Waals surface area contributed by atoms with Crippen LogP contribution in [0, 0.1) is 0 Å². The van der Waals surface area contributed by atoms with Crippen molar-refractivity contribution in [2.24, 2.45) is 0 Å². The zero-order valence-electron chi connectivity index (χ0n) is 8.07. The van der Waals surface area contributed by atoms with Crippen molar-refractivity contribution < 1.29 is 4.52 Å². The number of nitrogens with zero attached hydrogens (tertiary/aromatic N) is 2. The van der Waals surface area contributed by atoms with Crippen LogP contribution in [0.4, 0.5) is 5.88 Å². The smallest absolute Gasteiger partial charge is 0.229 e. The molecular formula is C10H7ClN4O. The Bertz CT molecular complexity index is 658. The van der Waals surface area contributed by atoms with Gasteiger partial charge in [0.1, 0.15) is 5.15 Å². The van der Waals surface area contributed by atoms with E-state index in [2.05, 4.69) is 15.4 Å². The van der Waals surface area contributed by atoms with Gasteiger partial charge in [0.25, 0.3) is 0 Å². The van der Waals surface area contributed by atoms with Gasteiger partial charge in [0.15, 0.2) is 0 Å². The zero-order valence-corrected chi connectivity index (χ0v) is 8.82. The van der Waals surface area contributed by atoms with Gasteiger partial charge in [-0.3, -0.25) is 5.10 Å². The van der Waals surface area contributed by atoms with Gasteiger partial charge in [-0.05, 0) is 6.07 Å². The molecule has 0 saturated heterocycles. The summed E-state index contributed by atoms with van der Waals surface area (Å²) in [5, 5.41) is 11.7. The summed E-state index contributed by atoms with van der Waals surface area (Å²) >= 11 is 6.04. The van der Waals surface area contributed by atoms with Gasteiger partial charge in [0.05, 0.1) is 17.3 Å². The molecule has 5 nitrogen and oxygen atoms in total. The Morgan fingerprint density at radius 2 is 2.19 bits per heavy atom. The van der Waals surface area contributed by atoms with Gasteiger partial charge in [0, 0.05) is 10.9 Å². The molecule has 80 valence electrons. The molecule has 0 fully saturated rings. The quantitative estimate of drug-likeness (QED) is 0.678. The standard InChI is InChI=1S/C10H7ClN4O/c11-9-8-5(6-4-13-16-10(6)12)2-1-3-7(8)14-15-9/h1-4H,12H2,(H,14,15). The number of H-pyrrole nitrogens is 1. The van der Waals surface area contributed by atoms with Gasteiger partial charge in [-0.1, -0.05) is 28.9 Å². The Morgan fingerprint density at radius 3 is 2.94 bits per heavy atom. The normalized spacial score (nSPS) is 11.1. The molecule has 3 rings (SSSR count). The van der Waals surface area contributed by atoms with Crippen molar-refractivity contribution in [2.45, 2.75) is 0 Å². The first-order chi connectivity index (χ1) is 7.77. The fourth-order valence-corrected chi connectivity index (χ4v) is 1.95. The number of rotatable bonds is 1. The number of hydrogen-bond donors (Lipinski definition) is 2. The summed E-state index contributed by atoms with van der Waals surface area (Å²) in [4.78, 5) is 0. The molecule has 16 heavy (non-hydrogen) atoms. The predicted octanol–water partition coefficient (Wildman–Crippen LogP) is 2.45. The fraction of sp³-hybridized carbons (Fsp3) is 0. The predicted molar refractivity (Wildman–Crippen MR) is 61.0 cm³/mol. The summed E-state index contributed by atoms with van der Waals surface area (Å²) in [6, 6.07) is 5.64. The Labute approximate surface area is 95.2 Å². The number of nitrogens with one attached hydrogen (secondary N) is 1. The highest BCUT2D eigenvalue weighted by molar-refractivity contribution is 6.35. The SMILES string of the molecule is Nc1oncc1-c1cccc2n[nH]c(Cl)c12. The van der Waals surface area contributed by atoms with Gasteiger partial charge in [-0.25, -0.2) is 0 Å². The van der Waals surface area contributed by atoms with Crippen molar-refractivity contribution in [3.63, 3.8) is 0 Å². The highest BCUT2D eigenvalue weighted by Crippen LogP contribution is 2.34. The first-order valence-corrected chi connectivity index (χ1v) is 4.98. The molecule has 3 aromatic rings. The number of benzene rings is 1. The maximum atomic E-state index is 6.04. The Hall–Kier alpha value is -2.01. The second-order valence-electron chi connectivity index (χ2n) is 3.34. The summed E-state index contributed by atoms with van der Waals surface area (Å²) in [7, 11) is 0. The minimum Gasteiger partial charge on any atom is -0.367 e. The van der Waals surface area contributed by atoms with Gasteiger partial charge in [0.2, 0.25) is 5.88 Å². The molecule has 2 heterocycles. The summed E-state index contributed by atoms with van der Waals surface area (Å²) in [6.45, 7) is 0. The molecule has 0 radical (unpaired) electrons. The lowest BCUT2D eigenvalue weighted by molar-refractivity contribution is 0.436. The fourth-order valence-electron chi connectivity index (χ4n) is 1.70. The second-order valence-corrected chi connectivity index (χ2v) is 3.72. The van der Waals surface area contributed by atoms with Crippen LogP contribution in [-0.4, -0.2) is 15.4 Å². The minimum atomic E-state index is 0.268. The van der Waals surface area contributed by atoms with Crippen LogP contribution >= 0.6 is 11.6 Å². The topological polar surface area (TPSA) is 80.7 Å². The molecule has 0 spiro atoms. The van der Waals surface area contributed by atoms with E-state index in [4.69, 9.17) is 21.9 Å². The van der Waals surface area contributed by atoms with Crippen molar-refractivity contribution in [3.05, 3.63) is 29.5 Å². The van der Waals surface area contributed by atoms with Gasteiger partial charge >= 0.3 is 0 Å². The molecular weight excluding hydrogens is 228 g/mol. The number of nitrogens with two attached hydrogens (primary N) is 1. The Balaban J connectivity index is 2.39. The maximum Gasteiger partial charge on any atom is 0.229 e. The molecule has 0 aliphatic rings. The van der Waals surface area contributed by atoms with Crippen LogP contribution in [0.1, 0.15) is 0 Å². The number of aromatic nitrogens is 3. The third kappa shape index (κ3) is 1.18. The van der Waals surface area contributed by atoms with Crippen molar-refractivity contribution in [1.29, 1.82) is 0 Å². The van der Waals surface area contributed by atoms with E-state index in [-0.39, 0.29) is 5.88 Å². The van der Waals surface area contributed by atoms with Crippen LogP contribution in [-0.2, 0) is 0 Å². The molecule has 1 aromatic carbocycles. The lowest BCUT2D eigenvalue weighted by Crippen LogP contribution is -1.85. The molecule has 6 heteroatoms. The van der Waals surface area contributed by atoms with Crippen molar-refractivity contribution in [2.75, 3.05) is 5.73 Å². The lowest BCUT2D eigenvalue weighted by Gasteiger charge is -1.99. The third-order valence-corrected chi connectivity index (χ3v) is 2.70. The number of halogens is 1. The van der Waals surface area contributed by atoms with E-state index in [1.54, 1.807) is 6.20 Å². The Morgan fingerprint density at radius 1 is 1.31 bits per heavy atom. The average Bonchev–Trinajstić information content (AvgIpc) is 2.86. The van der Waals surface area contributed by atoms with Gasteiger partial charge in [-0.15, -0.1) is 0 Å². The summed E-state index contributed by atoms with van der Waals surface area (Å²) in [5.41, 5.74) is 8.03. The van der Waals surface area contributed by atoms with Gasteiger partial charge < -0.3 is 10.3 Å². The second kappa shape index (κ2) is 3.24. The molecule has 0 unspecified atom stereocenters. The van der Waals surface area contributed by atoms with Crippen LogP contribution in [0.5, 0.6) is 0 Å². The molecule has 2 aromatic heterocycles. The van der Waals surface area contributed by atoms with Gasteiger partial charge in [-0.2, -0.15) is 5.10 Å². The molecule has 0 aliphatic heterocycles. The van der Waals surface area contributed by atoms with Crippen LogP contribution in [0.3, 0.4) is 0 Å².